The summed E-state index contributed by atoms with van der Waals surface area (Å²) in [6.45, 7) is 12.9. The first-order valence-corrected chi connectivity index (χ1v) is 16.6. The lowest BCUT2D eigenvalue weighted by Gasteiger charge is -2.32. The molecule has 10 nitrogen and oxygen atoms in total. The third-order valence-corrected chi connectivity index (χ3v) is 7.93. The predicted molar refractivity (Wildman–Crippen MR) is 178 cm³/mol. The summed E-state index contributed by atoms with van der Waals surface area (Å²) in [5.41, 5.74) is 0.719. The molecule has 2 saturated heterocycles. The summed E-state index contributed by atoms with van der Waals surface area (Å²) in [5, 5.41) is 0. The normalized spacial score (nSPS) is 22.7. The molecule has 2 aliphatic rings. The first-order chi connectivity index (χ1) is 22.2. The lowest BCUT2D eigenvalue weighted by Crippen LogP contribution is -2.44. The van der Waals surface area contributed by atoms with Gasteiger partial charge in [-0.05, 0) is 59.1 Å². The van der Waals surface area contributed by atoms with Crippen molar-refractivity contribution in [2.75, 3.05) is 32.8 Å². The number of ether oxygens (including phenoxy) is 5. The van der Waals surface area contributed by atoms with Gasteiger partial charge in [-0.3, -0.25) is 4.79 Å². The highest BCUT2D eigenvalue weighted by molar-refractivity contribution is 5.85. The highest BCUT2D eigenvalue weighted by Gasteiger charge is 2.37. The Kier molecular flexibility index (Phi) is 12.8. The minimum atomic E-state index is -0.706. The van der Waals surface area contributed by atoms with Crippen LogP contribution in [0, 0.1) is 5.92 Å². The molecule has 2 aromatic rings. The Labute approximate surface area is 279 Å². The predicted octanol–water partition coefficient (Wildman–Crippen LogP) is 6.40. The maximum Gasteiger partial charge on any atom is 0.410 e. The van der Waals surface area contributed by atoms with E-state index in [4.69, 9.17) is 23.7 Å². The second-order valence-electron chi connectivity index (χ2n) is 14.5. The van der Waals surface area contributed by atoms with E-state index in [1.165, 1.54) is 4.90 Å². The number of Topliss-reactive ketones (excluding diaryl/α,β-unsaturated/α-hetero) is 1. The molecule has 0 bridgehead atoms. The van der Waals surface area contributed by atoms with Gasteiger partial charge >= 0.3 is 12.2 Å². The van der Waals surface area contributed by atoms with E-state index in [-0.39, 0.29) is 50.0 Å². The van der Waals surface area contributed by atoms with Crippen molar-refractivity contribution < 1.29 is 38.1 Å². The molecule has 0 spiro atoms. The number of hydrogen-bond donors (Lipinski definition) is 0. The zero-order valence-electron chi connectivity index (χ0n) is 28.8. The van der Waals surface area contributed by atoms with Gasteiger partial charge in [0.15, 0.2) is 5.78 Å². The van der Waals surface area contributed by atoms with Gasteiger partial charge in [0.05, 0.1) is 51.2 Å². The number of carbonyl (C=O) groups excluding carboxylic acids is 3. The minimum absolute atomic E-state index is 0.0537. The van der Waals surface area contributed by atoms with Gasteiger partial charge in [-0.15, -0.1) is 0 Å². The van der Waals surface area contributed by atoms with Crippen LogP contribution in [0.4, 0.5) is 9.59 Å². The largest absolute Gasteiger partial charge is 0.444 e. The molecule has 0 radical (unpaired) electrons. The molecule has 2 amide bonds. The van der Waals surface area contributed by atoms with Gasteiger partial charge in [-0.25, -0.2) is 9.59 Å². The summed E-state index contributed by atoms with van der Waals surface area (Å²) in [5.74, 6) is -0.420. The summed E-state index contributed by atoms with van der Waals surface area (Å²) in [7, 11) is 0. The van der Waals surface area contributed by atoms with Gasteiger partial charge in [-0.1, -0.05) is 60.7 Å². The molecule has 0 aromatic heterocycles. The molecular weight excluding hydrogens is 600 g/mol. The van der Waals surface area contributed by atoms with E-state index in [1.807, 2.05) is 81.4 Å². The van der Waals surface area contributed by atoms with E-state index >= 15 is 0 Å². The topological polar surface area (TPSA) is 104 Å². The van der Waals surface area contributed by atoms with Gasteiger partial charge in [0, 0.05) is 31.8 Å². The van der Waals surface area contributed by atoms with Gasteiger partial charge < -0.3 is 33.5 Å². The molecule has 2 aromatic carbocycles. The average molecular weight is 653 g/mol. The Hall–Kier alpha value is -3.47. The second kappa shape index (κ2) is 16.6. The fourth-order valence-corrected chi connectivity index (χ4v) is 5.67. The quantitative estimate of drug-likeness (QED) is 0.307. The van der Waals surface area contributed by atoms with Crippen molar-refractivity contribution in [1.29, 1.82) is 0 Å². The number of rotatable bonds is 9. The summed E-state index contributed by atoms with van der Waals surface area (Å²) in [6, 6.07) is 19.8. The Morgan fingerprint density at radius 2 is 1.28 bits per heavy atom. The number of hydrogen-bond acceptors (Lipinski definition) is 8. The second-order valence-corrected chi connectivity index (χ2v) is 14.5. The third kappa shape index (κ3) is 12.6. The molecule has 4 rings (SSSR count). The molecule has 2 fully saturated rings. The van der Waals surface area contributed by atoms with Gasteiger partial charge in [-0.2, -0.15) is 0 Å². The molecule has 2 aliphatic heterocycles. The van der Waals surface area contributed by atoms with Crippen molar-refractivity contribution >= 4 is 18.0 Å². The monoisotopic (exact) mass is 652 g/mol. The van der Waals surface area contributed by atoms with Crippen molar-refractivity contribution in [1.82, 2.24) is 9.80 Å². The van der Waals surface area contributed by atoms with Gasteiger partial charge in [0.25, 0.3) is 0 Å². The Morgan fingerprint density at radius 1 is 0.723 bits per heavy atom. The molecule has 2 heterocycles. The number of carbonyl (C=O) groups is 3. The van der Waals surface area contributed by atoms with E-state index in [2.05, 4.69) is 0 Å². The lowest BCUT2D eigenvalue weighted by molar-refractivity contribution is -0.123. The summed E-state index contributed by atoms with van der Waals surface area (Å²) in [4.78, 5) is 42.6. The molecule has 4 unspecified atom stereocenters. The Bertz CT molecular complexity index is 1290. The summed E-state index contributed by atoms with van der Waals surface area (Å²) < 4.78 is 30.7. The van der Waals surface area contributed by atoms with E-state index < -0.39 is 29.5 Å². The first-order valence-electron chi connectivity index (χ1n) is 16.6. The van der Waals surface area contributed by atoms with Crippen molar-refractivity contribution in [3.05, 3.63) is 71.8 Å². The maximum atomic E-state index is 13.2. The number of nitrogens with zero attached hydrogens (tertiary/aromatic N) is 2. The van der Waals surface area contributed by atoms with Crippen LogP contribution in [0.15, 0.2) is 60.7 Å². The number of likely N-dealkylation sites (tertiary alicyclic amines) is 2. The van der Waals surface area contributed by atoms with Crippen molar-refractivity contribution in [2.45, 2.75) is 104 Å². The van der Waals surface area contributed by atoms with Crippen LogP contribution >= 0.6 is 0 Å². The fraction of sp³-hybridized carbons (Fsp3) is 0.595. The summed E-state index contributed by atoms with van der Waals surface area (Å²) in [6.07, 6.45) is -0.566. The number of ketones is 1. The molecule has 10 heteroatoms. The molecule has 0 N–H and O–H groups in total. The smallest absolute Gasteiger partial charge is 0.410 e. The SMILES string of the molecule is CC(C)(C)OC(=O)N1CCC(OCc2ccccc2)CC(OCC2CN(C(=O)OC(C)(C)C)CC(=O)CC2OCc2ccccc2)C1. The lowest BCUT2D eigenvalue weighted by atomic mass is 9.99. The van der Waals surface area contributed by atoms with Crippen molar-refractivity contribution in [3.8, 4) is 0 Å². The molecular formula is C37H52N2O8. The van der Waals surface area contributed by atoms with E-state index in [9.17, 15) is 14.4 Å². The zero-order chi connectivity index (χ0) is 34.0. The molecule has 0 aliphatic carbocycles. The van der Waals surface area contributed by atoms with Crippen molar-refractivity contribution in [2.24, 2.45) is 5.92 Å². The fourth-order valence-electron chi connectivity index (χ4n) is 5.67. The van der Waals surface area contributed by atoms with E-state index in [0.717, 1.165) is 11.1 Å². The van der Waals surface area contributed by atoms with Crippen LogP contribution < -0.4 is 0 Å². The highest BCUT2D eigenvalue weighted by atomic mass is 16.6. The van der Waals surface area contributed by atoms with E-state index in [0.29, 0.717) is 39.1 Å². The van der Waals surface area contributed by atoms with Crippen LogP contribution in [0.3, 0.4) is 0 Å². The standard InChI is InChI=1S/C37H52N2O8/c1-36(2,3)46-34(41)38-18-17-31(43-24-27-13-9-7-10-14-27)20-32(23-38)44-26-29-21-39(35(42)47-37(4,5)6)22-30(40)19-33(29)45-25-28-15-11-8-12-16-28/h7-16,29,31-33H,17-26H2,1-6H3. The minimum Gasteiger partial charge on any atom is -0.444 e. The zero-order valence-corrected chi connectivity index (χ0v) is 28.8. The third-order valence-electron chi connectivity index (χ3n) is 7.93. The molecule has 0 saturated carbocycles. The van der Waals surface area contributed by atoms with Crippen LogP contribution in [0.5, 0.6) is 0 Å². The van der Waals surface area contributed by atoms with Crippen LogP contribution in [0.1, 0.15) is 71.9 Å². The average Bonchev–Trinajstić information content (AvgIpc) is 3.31. The van der Waals surface area contributed by atoms with Crippen molar-refractivity contribution in [3.63, 3.8) is 0 Å². The van der Waals surface area contributed by atoms with E-state index in [1.54, 1.807) is 25.7 Å². The van der Waals surface area contributed by atoms with Gasteiger partial charge in [0.2, 0.25) is 0 Å². The highest BCUT2D eigenvalue weighted by Crippen LogP contribution is 2.26. The summed E-state index contributed by atoms with van der Waals surface area (Å²) >= 11 is 0. The van der Waals surface area contributed by atoms with Crippen LogP contribution in [0.2, 0.25) is 0 Å². The van der Waals surface area contributed by atoms with Crippen LogP contribution in [-0.2, 0) is 41.7 Å². The Balaban J connectivity index is 1.51. The first kappa shape index (κ1) is 36.4. The number of benzene rings is 2. The maximum absolute atomic E-state index is 13.2. The van der Waals surface area contributed by atoms with Gasteiger partial charge in [0.1, 0.15) is 11.2 Å². The number of amides is 2. The molecule has 47 heavy (non-hydrogen) atoms. The molecule has 4 atom stereocenters. The van der Waals surface area contributed by atoms with Crippen LogP contribution in [-0.4, -0.2) is 90.1 Å². The Morgan fingerprint density at radius 3 is 1.85 bits per heavy atom. The van der Waals surface area contributed by atoms with Crippen LogP contribution in [0.25, 0.3) is 0 Å². The molecule has 258 valence electrons.